The van der Waals surface area contributed by atoms with Crippen LogP contribution in [0.2, 0.25) is 10.0 Å². The number of nitrogens with one attached hydrogen (secondary N) is 1. The molecule has 1 aromatic carbocycles. The van der Waals surface area contributed by atoms with Gasteiger partial charge in [-0.3, -0.25) is 0 Å². The zero-order chi connectivity index (χ0) is 13.0. The summed E-state index contributed by atoms with van der Waals surface area (Å²) in [6, 6.07) is 5.96. The van der Waals surface area contributed by atoms with Gasteiger partial charge in [0.15, 0.2) is 0 Å². The molecule has 0 spiro atoms. The molecule has 2 atom stereocenters. The number of rotatable bonds is 5. The summed E-state index contributed by atoms with van der Waals surface area (Å²) in [5.41, 5.74) is 1.27. The van der Waals surface area contributed by atoms with Crippen molar-refractivity contribution >= 4 is 23.2 Å². The Morgan fingerprint density at radius 2 is 2.11 bits per heavy atom. The molecule has 100 valence electrons. The summed E-state index contributed by atoms with van der Waals surface area (Å²) in [5.74, 6) is 1.13. The van der Waals surface area contributed by atoms with Crippen LogP contribution in [-0.4, -0.2) is 26.3 Å². The smallest absolute Gasteiger partial charge is 0.0595 e. The first-order chi connectivity index (χ1) is 8.72. The van der Waals surface area contributed by atoms with E-state index in [-0.39, 0.29) is 0 Å². The number of halogens is 2. The van der Waals surface area contributed by atoms with Crippen LogP contribution in [0.3, 0.4) is 0 Å². The minimum Gasteiger partial charge on any atom is -0.382 e. The fourth-order valence-electron chi connectivity index (χ4n) is 2.55. The molecular weight excluding hydrogens is 269 g/mol. The fourth-order valence-corrected chi connectivity index (χ4v) is 2.86. The van der Waals surface area contributed by atoms with Gasteiger partial charge in [0, 0.05) is 25.7 Å². The minimum absolute atomic E-state index is 0.514. The molecule has 1 aliphatic heterocycles. The van der Waals surface area contributed by atoms with Crippen molar-refractivity contribution in [3.8, 4) is 0 Å². The van der Waals surface area contributed by atoms with Crippen LogP contribution in [0.25, 0.3) is 0 Å². The highest BCUT2D eigenvalue weighted by Gasteiger charge is 2.28. The highest BCUT2D eigenvalue weighted by Crippen LogP contribution is 2.33. The van der Waals surface area contributed by atoms with E-state index in [9.17, 15) is 0 Å². The lowest BCUT2D eigenvalue weighted by Gasteiger charge is -2.19. The summed E-state index contributed by atoms with van der Waals surface area (Å²) in [6.45, 7) is 5.72. The van der Waals surface area contributed by atoms with E-state index in [1.165, 1.54) is 5.56 Å². The van der Waals surface area contributed by atoms with Crippen molar-refractivity contribution in [1.29, 1.82) is 0 Å². The molecule has 2 rings (SSSR count). The molecule has 18 heavy (non-hydrogen) atoms. The van der Waals surface area contributed by atoms with Gasteiger partial charge in [0.1, 0.15) is 0 Å². The SMILES string of the molecule is CCOCCC1CNCC1c1ccc(Cl)c(Cl)c1. The van der Waals surface area contributed by atoms with Crippen LogP contribution in [0.4, 0.5) is 0 Å². The lowest BCUT2D eigenvalue weighted by Crippen LogP contribution is -2.13. The summed E-state index contributed by atoms with van der Waals surface area (Å²) >= 11 is 12.0. The first-order valence-electron chi connectivity index (χ1n) is 6.45. The van der Waals surface area contributed by atoms with Crippen molar-refractivity contribution in [2.45, 2.75) is 19.3 Å². The Morgan fingerprint density at radius 1 is 1.28 bits per heavy atom. The van der Waals surface area contributed by atoms with E-state index >= 15 is 0 Å². The molecule has 0 saturated carbocycles. The summed E-state index contributed by atoms with van der Waals surface area (Å²) in [4.78, 5) is 0. The first-order valence-corrected chi connectivity index (χ1v) is 7.21. The van der Waals surface area contributed by atoms with E-state index in [2.05, 4.69) is 11.4 Å². The molecule has 1 N–H and O–H groups in total. The Hall–Kier alpha value is -0.280. The van der Waals surface area contributed by atoms with Gasteiger partial charge in [-0.2, -0.15) is 0 Å². The highest BCUT2D eigenvalue weighted by molar-refractivity contribution is 6.42. The van der Waals surface area contributed by atoms with E-state index in [0.717, 1.165) is 32.7 Å². The molecule has 0 aliphatic carbocycles. The summed E-state index contributed by atoms with van der Waals surface area (Å²) in [5, 5.41) is 4.72. The maximum atomic E-state index is 6.09. The third-order valence-electron chi connectivity index (χ3n) is 3.55. The quantitative estimate of drug-likeness (QED) is 0.834. The average molecular weight is 288 g/mol. The third-order valence-corrected chi connectivity index (χ3v) is 4.29. The summed E-state index contributed by atoms with van der Waals surface area (Å²) in [6.07, 6.45) is 1.09. The van der Waals surface area contributed by atoms with Crippen molar-refractivity contribution in [3.05, 3.63) is 33.8 Å². The van der Waals surface area contributed by atoms with Gasteiger partial charge in [-0.1, -0.05) is 29.3 Å². The number of ether oxygens (including phenoxy) is 1. The molecule has 2 unspecified atom stereocenters. The zero-order valence-electron chi connectivity index (χ0n) is 10.6. The lowest BCUT2D eigenvalue weighted by molar-refractivity contribution is 0.132. The van der Waals surface area contributed by atoms with Crippen molar-refractivity contribution in [1.82, 2.24) is 5.32 Å². The Bertz CT molecular complexity index is 397. The van der Waals surface area contributed by atoms with Crippen LogP contribution in [0.5, 0.6) is 0 Å². The maximum Gasteiger partial charge on any atom is 0.0595 e. The topological polar surface area (TPSA) is 21.3 Å². The zero-order valence-corrected chi connectivity index (χ0v) is 12.1. The molecule has 1 aromatic rings. The molecule has 4 heteroatoms. The third kappa shape index (κ3) is 3.39. The second kappa shape index (κ2) is 6.76. The van der Waals surface area contributed by atoms with Gasteiger partial charge in [-0.15, -0.1) is 0 Å². The van der Waals surface area contributed by atoms with Crippen LogP contribution in [-0.2, 0) is 4.74 Å². The van der Waals surface area contributed by atoms with Gasteiger partial charge in [0.2, 0.25) is 0 Å². The van der Waals surface area contributed by atoms with Gasteiger partial charge in [0.05, 0.1) is 10.0 Å². The Labute approximate surface area is 119 Å². The molecule has 1 saturated heterocycles. The van der Waals surface area contributed by atoms with Crippen molar-refractivity contribution in [2.24, 2.45) is 5.92 Å². The van der Waals surface area contributed by atoms with Crippen LogP contribution < -0.4 is 5.32 Å². The molecular formula is C14H19Cl2NO. The number of hydrogen-bond acceptors (Lipinski definition) is 2. The van der Waals surface area contributed by atoms with E-state index in [1.54, 1.807) is 0 Å². The van der Waals surface area contributed by atoms with Gasteiger partial charge in [0.25, 0.3) is 0 Å². The molecule has 0 bridgehead atoms. The summed E-state index contributed by atoms with van der Waals surface area (Å²) < 4.78 is 5.45. The molecule has 1 fully saturated rings. The predicted octanol–water partition coefficient (Wildman–Crippen LogP) is 3.72. The van der Waals surface area contributed by atoms with Crippen LogP contribution in [0.15, 0.2) is 18.2 Å². The van der Waals surface area contributed by atoms with Crippen LogP contribution in [0.1, 0.15) is 24.8 Å². The van der Waals surface area contributed by atoms with Gasteiger partial charge in [-0.25, -0.2) is 0 Å². The Morgan fingerprint density at radius 3 is 2.83 bits per heavy atom. The van der Waals surface area contributed by atoms with Gasteiger partial charge in [-0.05, 0) is 43.5 Å². The van der Waals surface area contributed by atoms with Crippen LogP contribution in [0, 0.1) is 5.92 Å². The van der Waals surface area contributed by atoms with Crippen molar-refractivity contribution in [2.75, 3.05) is 26.3 Å². The van der Waals surface area contributed by atoms with E-state index in [4.69, 9.17) is 27.9 Å². The van der Waals surface area contributed by atoms with Gasteiger partial charge < -0.3 is 10.1 Å². The standard InChI is InChI=1S/C14H19Cl2NO/c1-2-18-6-5-11-8-17-9-12(11)10-3-4-13(15)14(16)7-10/h3-4,7,11-12,17H,2,5-6,8-9H2,1H3. The number of hydrogen-bond donors (Lipinski definition) is 1. The second-order valence-corrected chi connectivity index (χ2v) is 5.50. The van der Waals surface area contributed by atoms with E-state index in [1.807, 2.05) is 19.1 Å². The summed E-state index contributed by atoms with van der Waals surface area (Å²) in [7, 11) is 0. The second-order valence-electron chi connectivity index (χ2n) is 4.68. The maximum absolute atomic E-state index is 6.09. The molecule has 1 heterocycles. The Kier molecular flexibility index (Phi) is 5.31. The van der Waals surface area contributed by atoms with E-state index in [0.29, 0.717) is 21.9 Å². The normalized spacial score (nSPS) is 23.5. The monoisotopic (exact) mass is 287 g/mol. The molecule has 0 radical (unpaired) electrons. The molecule has 0 aromatic heterocycles. The Balaban J connectivity index is 2.03. The number of benzene rings is 1. The molecule has 1 aliphatic rings. The minimum atomic E-state index is 0.514. The van der Waals surface area contributed by atoms with Crippen molar-refractivity contribution in [3.63, 3.8) is 0 Å². The molecule has 2 nitrogen and oxygen atoms in total. The average Bonchev–Trinajstić information content (AvgIpc) is 2.81. The van der Waals surface area contributed by atoms with Gasteiger partial charge >= 0.3 is 0 Å². The van der Waals surface area contributed by atoms with Crippen molar-refractivity contribution < 1.29 is 4.74 Å². The van der Waals surface area contributed by atoms with Crippen LogP contribution >= 0.6 is 23.2 Å². The fraction of sp³-hybridized carbons (Fsp3) is 0.571. The highest BCUT2D eigenvalue weighted by atomic mass is 35.5. The first kappa shape index (κ1) is 14.1. The molecule has 0 amide bonds. The van der Waals surface area contributed by atoms with E-state index < -0.39 is 0 Å². The lowest BCUT2D eigenvalue weighted by atomic mass is 9.87. The predicted molar refractivity (Wildman–Crippen MR) is 76.7 cm³/mol. The largest absolute Gasteiger partial charge is 0.382 e.